The highest BCUT2D eigenvalue weighted by Crippen LogP contribution is 2.32. The average Bonchev–Trinajstić information content (AvgIpc) is 2.92. The highest BCUT2D eigenvalue weighted by atomic mass is 35.5. The van der Waals surface area contributed by atoms with Crippen molar-refractivity contribution in [1.82, 2.24) is 9.47 Å². The number of carbonyl (C=O) groups excluding carboxylic acids is 1. The second kappa shape index (κ2) is 7.22. The fourth-order valence-electron chi connectivity index (χ4n) is 3.40. The van der Waals surface area contributed by atoms with Crippen molar-refractivity contribution in [2.75, 3.05) is 12.4 Å². The molecule has 1 unspecified atom stereocenters. The predicted octanol–water partition coefficient (Wildman–Crippen LogP) is 4.14. The van der Waals surface area contributed by atoms with Crippen LogP contribution in [0.4, 0.5) is 0 Å². The molecule has 1 atom stereocenters. The van der Waals surface area contributed by atoms with E-state index < -0.39 is 0 Å². The van der Waals surface area contributed by atoms with Crippen molar-refractivity contribution >= 4 is 17.5 Å². The van der Waals surface area contributed by atoms with E-state index in [1.807, 2.05) is 4.90 Å². The Morgan fingerprint density at radius 3 is 2.91 bits per heavy atom. The number of aryl methyl sites for hydroxylation is 2. The minimum absolute atomic E-state index is 0.00442. The topological polar surface area (TPSA) is 25.2 Å². The third kappa shape index (κ3) is 3.45. The van der Waals surface area contributed by atoms with Gasteiger partial charge < -0.3 is 9.47 Å². The van der Waals surface area contributed by atoms with E-state index in [0.29, 0.717) is 12.3 Å². The van der Waals surface area contributed by atoms with Gasteiger partial charge in [0.15, 0.2) is 0 Å². The number of hydrogen-bond acceptors (Lipinski definition) is 1. The van der Waals surface area contributed by atoms with Crippen LogP contribution in [0.2, 0.25) is 0 Å². The highest BCUT2D eigenvalue weighted by molar-refractivity contribution is 6.17. The van der Waals surface area contributed by atoms with Crippen LogP contribution in [0, 0.1) is 6.92 Å². The van der Waals surface area contributed by atoms with Gasteiger partial charge in [-0.1, -0.05) is 29.8 Å². The highest BCUT2D eigenvalue weighted by Gasteiger charge is 2.30. The number of carbonyl (C=O) groups is 1. The first-order valence-corrected chi connectivity index (χ1v) is 8.81. The zero-order valence-electron chi connectivity index (χ0n) is 13.5. The normalized spacial score (nSPS) is 17.7. The van der Waals surface area contributed by atoms with Crippen molar-refractivity contribution in [3.8, 4) is 0 Å². The summed E-state index contributed by atoms with van der Waals surface area (Å²) in [5, 5.41) is 0. The third-order valence-electron chi connectivity index (χ3n) is 4.46. The Labute approximate surface area is 142 Å². The summed E-state index contributed by atoms with van der Waals surface area (Å²) >= 11 is 5.78. The maximum atomic E-state index is 12.8. The van der Waals surface area contributed by atoms with E-state index in [0.717, 1.165) is 25.9 Å². The lowest BCUT2D eigenvalue weighted by Crippen LogP contribution is -2.35. The number of fused-ring (bicyclic) bond motifs is 1. The number of halogens is 1. The van der Waals surface area contributed by atoms with Crippen LogP contribution in [-0.4, -0.2) is 27.8 Å². The van der Waals surface area contributed by atoms with E-state index in [4.69, 9.17) is 11.6 Å². The van der Waals surface area contributed by atoms with Gasteiger partial charge in [-0.15, -0.1) is 11.6 Å². The standard InChI is InChI=1S/C19H23ClN2O/c1-15-6-2-7-16(14-15)19-17-8-4-11-21(17)12-5-13-22(19)18(23)9-3-10-20/h2,4,6-8,11,14,19H,3,5,9-10,12-13H2,1H3. The lowest BCUT2D eigenvalue weighted by molar-refractivity contribution is -0.132. The van der Waals surface area contributed by atoms with Crippen LogP contribution in [0.1, 0.15) is 42.1 Å². The maximum absolute atomic E-state index is 12.8. The van der Waals surface area contributed by atoms with Crippen LogP contribution in [0.15, 0.2) is 42.6 Å². The molecule has 3 rings (SSSR count). The summed E-state index contributed by atoms with van der Waals surface area (Å²) in [5.41, 5.74) is 3.61. The maximum Gasteiger partial charge on any atom is 0.223 e. The Kier molecular flexibility index (Phi) is 5.06. The smallest absolute Gasteiger partial charge is 0.223 e. The van der Waals surface area contributed by atoms with Crippen LogP contribution < -0.4 is 0 Å². The first-order valence-electron chi connectivity index (χ1n) is 8.28. The minimum Gasteiger partial charge on any atom is -0.349 e. The number of hydrogen-bond donors (Lipinski definition) is 0. The summed E-state index contributed by atoms with van der Waals surface area (Å²) < 4.78 is 2.28. The van der Waals surface area contributed by atoms with Gasteiger partial charge in [0, 0.05) is 37.3 Å². The molecule has 2 heterocycles. The van der Waals surface area contributed by atoms with Crippen LogP contribution in [0.25, 0.3) is 0 Å². The lowest BCUT2D eigenvalue weighted by atomic mass is 9.99. The van der Waals surface area contributed by atoms with Gasteiger partial charge in [0.05, 0.1) is 6.04 Å². The Balaban J connectivity index is 2.01. The van der Waals surface area contributed by atoms with Crippen LogP contribution >= 0.6 is 11.6 Å². The summed E-state index contributed by atoms with van der Waals surface area (Å²) in [6.07, 6.45) is 4.35. The molecule has 23 heavy (non-hydrogen) atoms. The van der Waals surface area contributed by atoms with Gasteiger partial charge in [-0.3, -0.25) is 4.79 Å². The molecule has 1 aromatic heterocycles. The van der Waals surface area contributed by atoms with Gasteiger partial charge >= 0.3 is 0 Å². The van der Waals surface area contributed by atoms with Crippen molar-refractivity contribution in [2.24, 2.45) is 0 Å². The number of benzene rings is 1. The SMILES string of the molecule is Cc1cccc(C2c3cccn3CCCN2C(=O)CCCCl)c1. The van der Waals surface area contributed by atoms with E-state index in [-0.39, 0.29) is 11.9 Å². The summed E-state index contributed by atoms with van der Waals surface area (Å²) in [6.45, 7) is 3.85. The fourth-order valence-corrected chi connectivity index (χ4v) is 3.53. The van der Waals surface area contributed by atoms with E-state index in [9.17, 15) is 4.79 Å². The molecular weight excluding hydrogens is 308 g/mol. The largest absolute Gasteiger partial charge is 0.349 e. The molecule has 0 N–H and O–H groups in total. The van der Waals surface area contributed by atoms with Crippen molar-refractivity contribution < 1.29 is 4.79 Å². The number of alkyl halides is 1. The minimum atomic E-state index is -0.00442. The molecule has 0 radical (unpaired) electrons. The van der Waals surface area contributed by atoms with Crippen molar-refractivity contribution in [1.29, 1.82) is 0 Å². The monoisotopic (exact) mass is 330 g/mol. The third-order valence-corrected chi connectivity index (χ3v) is 4.72. The molecular formula is C19H23ClN2O. The Morgan fingerprint density at radius 1 is 1.26 bits per heavy atom. The van der Waals surface area contributed by atoms with Crippen molar-refractivity contribution in [3.63, 3.8) is 0 Å². The van der Waals surface area contributed by atoms with Gasteiger partial charge in [-0.05, 0) is 37.5 Å². The Bertz CT molecular complexity index is 680. The number of rotatable bonds is 4. The first kappa shape index (κ1) is 16.1. The molecule has 1 aliphatic rings. The molecule has 4 heteroatoms. The molecule has 0 saturated carbocycles. The second-order valence-corrected chi connectivity index (χ2v) is 6.55. The number of amides is 1. The van der Waals surface area contributed by atoms with Gasteiger partial charge in [-0.25, -0.2) is 0 Å². The lowest BCUT2D eigenvalue weighted by Gasteiger charge is -2.31. The molecule has 1 aliphatic heterocycles. The summed E-state index contributed by atoms with van der Waals surface area (Å²) in [5.74, 6) is 0.734. The fraction of sp³-hybridized carbons (Fsp3) is 0.421. The van der Waals surface area contributed by atoms with Gasteiger partial charge in [0.2, 0.25) is 5.91 Å². The second-order valence-electron chi connectivity index (χ2n) is 6.18. The van der Waals surface area contributed by atoms with E-state index in [2.05, 4.69) is 54.1 Å². The van der Waals surface area contributed by atoms with Crippen LogP contribution in [0.3, 0.4) is 0 Å². The molecule has 2 aromatic rings. The number of aromatic nitrogens is 1. The summed E-state index contributed by atoms with van der Waals surface area (Å²) in [7, 11) is 0. The van der Waals surface area contributed by atoms with Crippen LogP contribution in [-0.2, 0) is 11.3 Å². The average molecular weight is 331 g/mol. The van der Waals surface area contributed by atoms with Crippen molar-refractivity contribution in [2.45, 2.75) is 38.8 Å². The van der Waals surface area contributed by atoms with Crippen molar-refractivity contribution in [3.05, 3.63) is 59.4 Å². The van der Waals surface area contributed by atoms with Gasteiger partial charge in [0.25, 0.3) is 0 Å². The Morgan fingerprint density at radius 2 is 2.13 bits per heavy atom. The number of nitrogens with zero attached hydrogens (tertiary/aromatic N) is 2. The Hall–Kier alpha value is -1.74. The summed E-state index contributed by atoms with van der Waals surface area (Å²) in [4.78, 5) is 14.8. The molecule has 3 nitrogen and oxygen atoms in total. The molecule has 122 valence electrons. The zero-order chi connectivity index (χ0) is 16.2. The van der Waals surface area contributed by atoms with Crippen LogP contribution in [0.5, 0.6) is 0 Å². The quantitative estimate of drug-likeness (QED) is 0.773. The van der Waals surface area contributed by atoms with E-state index in [1.54, 1.807) is 0 Å². The molecule has 0 saturated heterocycles. The first-order chi connectivity index (χ1) is 11.2. The molecule has 0 bridgehead atoms. The molecule has 0 aliphatic carbocycles. The van der Waals surface area contributed by atoms with E-state index in [1.165, 1.54) is 16.8 Å². The molecule has 0 fully saturated rings. The summed E-state index contributed by atoms with van der Waals surface area (Å²) in [6, 6.07) is 12.7. The van der Waals surface area contributed by atoms with Gasteiger partial charge in [-0.2, -0.15) is 0 Å². The molecule has 0 spiro atoms. The zero-order valence-corrected chi connectivity index (χ0v) is 14.3. The van der Waals surface area contributed by atoms with Gasteiger partial charge in [0.1, 0.15) is 0 Å². The predicted molar refractivity (Wildman–Crippen MR) is 93.7 cm³/mol. The molecule has 1 aromatic carbocycles. The molecule has 1 amide bonds. The van der Waals surface area contributed by atoms with E-state index >= 15 is 0 Å².